The van der Waals surface area contributed by atoms with Crippen LogP contribution in [0.2, 0.25) is 0 Å². The van der Waals surface area contributed by atoms with Crippen molar-refractivity contribution in [1.29, 1.82) is 0 Å². The lowest BCUT2D eigenvalue weighted by Crippen LogP contribution is -2.39. The minimum absolute atomic E-state index is 0.604. The molecule has 0 heterocycles. The zero-order chi connectivity index (χ0) is 13.8. The molecule has 0 aromatic rings. The first-order valence-corrected chi connectivity index (χ1v) is 8.69. The summed E-state index contributed by atoms with van der Waals surface area (Å²) in [6.45, 7) is 7.43. The molecule has 1 aliphatic carbocycles. The highest BCUT2D eigenvalue weighted by Gasteiger charge is 2.24. The molecule has 2 nitrogen and oxygen atoms in total. The van der Waals surface area contributed by atoms with Crippen molar-refractivity contribution >= 4 is 0 Å². The molecule has 1 rings (SSSR count). The molecule has 0 saturated heterocycles. The lowest BCUT2D eigenvalue weighted by molar-refractivity contribution is 0.0910. The summed E-state index contributed by atoms with van der Waals surface area (Å²) in [6, 6.07) is 0.604. The summed E-state index contributed by atoms with van der Waals surface area (Å²) in [7, 11) is 0. The number of hydrogen-bond acceptors (Lipinski definition) is 2. The van der Waals surface area contributed by atoms with E-state index in [4.69, 9.17) is 4.74 Å². The van der Waals surface area contributed by atoms with Gasteiger partial charge in [-0.3, -0.25) is 0 Å². The van der Waals surface area contributed by atoms with Crippen LogP contribution < -0.4 is 5.32 Å². The second-order valence-corrected chi connectivity index (χ2v) is 6.05. The van der Waals surface area contributed by atoms with Crippen LogP contribution in [0.4, 0.5) is 0 Å². The van der Waals surface area contributed by atoms with Gasteiger partial charge in [-0.05, 0) is 31.7 Å². The number of ether oxygens (including phenoxy) is 1. The summed E-state index contributed by atoms with van der Waals surface area (Å²) in [6.07, 6.45) is 13.7. The van der Waals surface area contributed by atoms with Crippen LogP contribution in [0, 0.1) is 5.92 Å². The van der Waals surface area contributed by atoms with Gasteiger partial charge in [-0.25, -0.2) is 0 Å². The van der Waals surface area contributed by atoms with Crippen LogP contribution in [-0.2, 0) is 4.74 Å². The zero-order valence-electron chi connectivity index (χ0n) is 13.3. The van der Waals surface area contributed by atoms with Crippen LogP contribution >= 0.6 is 0 Å². The third-order valence-corrected chi connectivity index (χ3v) is 4.37. The Kier molecular flexibility index (Phi) is 10.5. The van der Waals surface area contributed by atoms with Gasteiger partial charge in [0.2, 0.25) is 0 Å². The van der Waals surface area contributed by atoms with Crippen LogP contribution in [-0.4, -0.2) is 25.8 Å². The number of unbranched alkanes of at least 4 members (excludes halogenated alkanes) is 5. The molecular formula is C17H35NO. The third-order valence-electron chi connectivity index (χ3n) is 4.37. The standard InChI is InChI=1S/C17H35NO/c1-3-5-6-7-8-11-14-19-15-17(18-4-2)16-12-9-10-13-16/h16-18H,3-15H2,1-2H3. The molecule has 1 aliphatic rings. The van der Waals surface area contributed by atoms with E-state index >= 15 is 0 Å². The van der Waals surface area contributed by atoms with Crippen LogP contribution in [0.15, 0.2) is 0 Å². The lowest BCUT2D eigenvalue weighted by atomic mass is 9.99. The molecule has 1 fully saturated rings. The van der Waals surface area contributed by atoms with Gasteiger partial charge in [0, 0.05) is 12.6 Å². The first kappa shape index (κ1) is 17.0. The Balaban J connectivity index is 1.98. The Morgan fingerprint density at radius 3 is 2.37 bits per heavy atom. The molecule has 0 aliphatic heterocycles. The average molecular weight is 269 g/mol. The fourth-order valence-corrected chi connectivity index (χ4v) is 3.18. The van der Waals surface area contributed by atoms with Gasteiger partial charge in [0.05, 0.1) is 6.61 Å². The van der Waals surface area contributed by atoms with Crippen molar-refractivity contribution in [2.45, 2.75) is 84.1 Å². The highest BCUT2D eigenvalue weighted by molar-refractivity contribution is 4.80. The van der Waals surface area contributed by atoms with Crippen LogP contribution in [0.1, 0.15) is 78.1 Å². The van der Waals surface area contributed by atoms with Crippen LogP contribution in [0.5, 0.6) is 0 Å². The average Bonchev–Trinajstić information content (AvgIpc) is 2.94. The zero-order valence-corrected chi connectivity index (χ0v) is 13.3. The summed E-state index contributed by atoms with van der Waals surface area (Å²) in [4.78, 5) is 0. The normalized spacial score (nSPS) is 18.0. The predicted octanol–water partition coefficient (Wildman–Crippen LogP) is 4.53. The van der Waals surface area contributed by atoms with Crippen LogP contribution in [0.25, 0.3) is 0 Å². The molecule has 1 unspecified atom stereocenters. The van der Waals surface area contributed by atoms with E-state index < -0.39 is 0 Å². The molecule has 2 heteroatoms. The molecule has 0 aromatic heterocycles. The molecule has 114 valence electrons. The smallest absolute Gasteiger partial charge is 0.0622 e. The monoisotopic (exact) mass is 269 g/mol. The summed E-state index contributed by atoms with van der Waals surface area (Å²) in [5.74, 6) is 0.865. The topological polar surface area (TPSA) is 21.3 Å². The number of rotatable bonds is 12. The number of nitrogens with one attached hydrogen (secondary N) is 1. The Hall–Kier alpha value is -0.0800. The maximum absolute atomic E-state index is 5.90. The predicted molar refractivity (Wildman–Crippen MR) is 83.6 cm³/mol. The van der Waals surface area contributed by atoms with E-state index in [-0.39, 0.29) is 0 Å². The molecule has 0 bridgehead atoms. The van der Waals surface area contributed by atoms with E-state index in [1.165, 1.54) is 64.2 Å². The lowest BCUT2D eigenvalue weighted by Gasteiger charge is -2.24. The molecular weight excluding hydrogens is 234 g/mol. The van der Waals surface area contributed by atoms with Crippen molar-refractivity contribution in [2.24, 2.45) is 5.92 Å². The SMILES string of the molecule is CCCCCCCCOCC(NCC)C1CCCC1. The minimum Gasteiger partial charge on any atom is -0.380 e. The fraction of sp³-hybridized carbons (Fsp3) is 1.00. The second kappa shape index (κ2) is 11.7. The quantitative estimate of drug-likeness (QED) is 0.525. The van der Waals surface area contributed by atoms with Gasteiger partial charge in [0.15, 0.2) is 0 Å². The summed E-state index contributed by atoms with van der Waals surface area (Å²) in [5, 5.41) is 3.62. The molecule has 0 radical (unpaired) electrons. The van der Waals surface area contributed by atoms with Crippen molar-refractivity contribution in [3.05, 3.63) is 0 Å². The van der Waals surface area contributed by atoms with Crippen molar-refractivity contribution in [2.75, 3.05) is 19.8 Å². The van der Waals surface area contributed by atoms with Crippen LogP contribution in [0.3, 0.4) is 0 Å². The van der Waals surface area contributed by atoms with Gasteiger partial charge in [0.1, 0.15) is 0 Å². The van der Waals surface area contributed by atoms with Crippen molar-refractivity contribution in [3.63, 3.8) is 0 Å². The van der Waals surface area contributed by atoms with E-state index in [1.807, 2.05) is 0 Å². The summed E-state index contributed by atoms with van der Waals surface area (Å²) >= 11 is 0. The Labute approximate surface area is 120 Å². The van der Waals surface area contributed by atoms with Gasteiger partial charge in [-0.1, -0.05) is 58.8 Å². The van der Waals surface area contributed by atoms with Crippen molar-refractivity contribution in [1.82, 2.24) is 5.32 Å². The molecule has 19 heavy (non-hydrogen) atoms. The first-order chi connectivity index (χ1) is 9.38. The molecule has 1 N–H and O–H groups in total. The van der Waals surface area contributed by atoms with Crippen molar-refractivity contribution < 1.29 is 4.74 Å². The summed E-state index contributed by atoms with van der Waals surface area (Å²) in [5.41, 5.74) is 0. The molecule has 0 amide bonds. The maximum atomic E-state index is 5.90. The maximum Gasteiger partial charge on any atom is 0.0622 e. The largest absolute Gasteiger partial charge is 0.380 e. The molecule has 1 atom stereocenters. The van der Waals surface area contributed by atoms with Gasteiger partial charge < -0.3 is 10.1 Å². The van der Waals surface area contributed by atoms with Gasteiger partial charge in [-0.2, -0.15) is 0 Å². The van der Waals surface area contributed by atoms with E-state index in [0.29, 0.717) is 6.04 Å². The second-order valence-electron chi connectivity index (χ2n) is 6.05. The Morgan fingerprint density at radius 2 is 1.68 bits per heavy atom. The minimum atomic E-state index is 0.604. The Bertz CT molecular complexity index is 190. The van der Waals surface area contributed by atoms with Gasteiger partial charge in [-0.15, -0.1) is 0 Å². The molecule has 0 spiro atoms. The summed E-state index contributed by atoms with van der Waals surface area (Å²) < 4.78 is 5.90. The molecule has 1 saturated carbocycles. The number of likely N-dealkylation sites (N-methyl/N-ethyl adjacent to an activating group) is 1. The van der Waals surface area contributed by atoms with Gasteiger partial charge >= 0.3 is 0 Å². The van der Waals surface area contributed by atoms with E-state index in [2.05, 4.69) is 19.2 Å². The van der Waals surface area contributed by atoms with E-state index in [9.17, 15) is 0 Å². The third kappa shape index (κ3) is 7.94. The number of hydrogen-bond donors (Lipinski definition) is 1. The van der Waals surface area contributed by atoms with E-state index in [0.717, 1.165) is 25.7 Å². The fourth-order valence-electron chi connectivity index (χ4n) is 3.18. The Morgan fingerprint density at radius 1 is 1.00 bits per heavy atom. The van der Waals surface area contributed by atoms with Gasteiger partial charge in [0.25, 0.3) is 0 Å². The highest BCUT2D eigenvalue weighted by Crippen LogP contribution is 2.27. The van der Waals surface area contributed by atoms with Crippen molar-refractivity contribution in [3.8, 4) is 0 Å². The van der Waals surface area contributed by atoms with E-state index in [1.54, 1.807) is 0 Å². The highest BCUT2D eigenvalue weighted by atomic mass is 16.5. The molecule has 0 aromatic carbocycles. The first-order valence-electron chi connectivity index (χ1n) is 8.69.